The van der Waals surface area contributed by atoms with Gasteiger partial charge in [-0.2, -0.15) is 4.31 Å². The van der Waals surface area contributed by atoms with E-state index in [0.717, 1.165) is 5.56 Å². The topological polar surface area (TPSA) is 114 Å². The molecule has 0 amide bonds. The maximum Gasteiger partial charge on any atom is 0.356 e. The van der Waals surface area contributed by atoms with E-state index in [4.69, 9.17) is 5.73 Å². The van der Waals surface area contributed by atoms with Crippen LogP contribution in [0.1, 0.15) is 29.9 Å². The number of carbonyl (C=O) groups is 1. The molecule has 0 saturated carbocycles. The normalized spacial score (nSPS) is 11.7. The van der Waals surface area contributed by atoms with Crippen LogP contribution >= 0.6 is 0 Å². The Kier molecular flexibility index (Phi) is 5.44. The summed E-state index contributed by atoms with van der Waals surface area (Å²) in [7, 11) is -3.62. The third-order valence-corrected chi connectivity index (χ3v) is 6.00. The summed E-state index contributed by atoms with van der Waals surface area (Å²) in [6, 6.07) is 7.79. The van der Waals surface area contributed by atoms with E-state index in [2.05, 4.69) is 4.98 Å². The van der Waals surface area contributed by atoms with Crippen molar-refractivity contribution >= 4 is 21.7 Å². The molecule has 134 valence electrons. The van der Waals surface area contributed by atoms with Gasteiger partial charge in [0, 0.05) is 18.7 Å². The molecule has 2 aromatic rings. The van der Waals surface area contributed by atoms with Gasteiger partial charge in [0.1, 0.15) is 0 Å². The van der Waals surface area contributed by atoms with E-state index in [0.29, 0.717) is 24.3 Å². The Morgan fingerprint density at radius 3 is 2.40 bits per heavy atom. The van der Waals surface area contributed by atoms with Crippen LogP contribution in [0.25, 0.3) is 11.3 Å². The minimum atomic E-state index is -3.62. The molecule has 0 saturated heterocycles. The lowest BCUT2D eigenvalue weighted by atomic mass is 10.0. The van der Waals surface area contributed by atoms with Crippen molar-refractivity contribution < 1.29 is 18.3 Å². The molecule has 1 aromatic carbocycles. The molecule has 0 spiro atoms. The van der Waals surface area contributed by atoms with Crippen molar-refractivity contribution in [1.82, 2.24) is 9.29 Å². The second-order valence-corrected chi connectivity index (χ2v) is 7.44. The highest BCUT2D eigenvalue weighted by molar-refractivity contribution is 7.89. The van der Waals surface area contributed by atoms with Gasteiger partial charge in [-0.25, -0.2) is 18.2 Å². The zero-order chi connectivity index (χ0) is 18.8. The molecule has 1 heterocycles. The molecule has 8 heteroatoms. The van der Waals surface area contributed by atoms with Gasteiger partial charge >= 0.3 is 5.97 Å². The Morgan fingerprint density at radius 1 is 1.20 bits per heavy atom. The fourth-order valence-corrected chi connectivity index (χ4v) is 4.03. The fraction of sp³-hybridized carbons (Fsp3) is 0.294. The second-order valence-electron chi connectivity index (χ2n) is 5.51. The van der Waals surface area contributed by atoms with Crippen molar-refractivity contribution in [2.45, 2.75) is 25.7 Å². The van der Waals surface area contributed by atoms with E-state index in [1.807, 2.05) is 6.92 Å². The molecule has 0 radical (unpaired) electrons. The van der Waals surface area contributed by atoms with Gasteiger partial charge in [-0.3, -0.25) is 0 Å². The number of anilines is 1. The summed E-state index contributed by atoms with van der Waals surface area (Å²) in [6.45, 7) is 6.09. The summed E-state index contributed by atoms with van der Waals surface area (Å²) < 4.78 is 26.8. The van der Waals surface area contributed by atoms with E-state index >= 15 is 0 Å². The average Bonchev–Trinajstić information content (AvgIpc) is 2.56. The molecular formula is C17H21N3O4S. The van der Waals surface area contributed by atoms with Gasteiger partial charge in [0.15, 0.2) is 5.69 Å². The Labute approximate surface area is 147 Å². The van der Waals surface area contributed by atoms with E-state index in [-0.39, 0.29) is 16.3 Å². The van der Waals surface area contributed by atoms with Crippen LogP contribution in [0.3, 0.4) is 0 Å². The van der Waals surface area contributed by atoms with Gasteiger partial charge in [-0.1, -0.05) is 19.9 Å². The van der Waals surface area contributed by atoms with Crippen molar-refractivity contribution in [1.29, 1.82) is 0 Å². The van der Waals surface area contributed by atoms with Gasteiger partial charge in [0.05, 0.1) is 16.3 Å². The summed E-state index contributed by atoms with van der Waals surface area (Å²) in [4.78, 5) is 15.5. The van der Waals surface area contributed by atoms with Gasteiger partial charge in [0.2, 0.25) is 10.0 Å². The predicted octanol–water partition coefficient (Wildman–Crippen LogP) is 2.37. The number of aromatic nitrogens is 1. The molecule has 0 aliphatic rings. The van der Waals surface area contributed by atoms with Crippen LogP contribution in [-0.2, 0) is 10.0 Å². The molecular weight excluding hydrogens is 342 g/mol. The van der Waals surface area contributed by atoms with Gasteiger partial charge in [-0.05, 0) is 36.8 Å². The largest absolute Gasteiger partial charge is 0.476 e. The molecule has 3 N–H and O–H groups in total. The zero-order valence-electron chi connectivity index (χ0n) is 14.4. The summed E-state index contributed by atoms with van der Waals surface area (Å²) in [6.07, 6.45) is 0. The number of nitrogens with zero attached hydrogens (tertiary/aromatic N) is 2. The van der Waals surface area contributed by atoms with Crippen LogP contribution in [0.5, 0.6) is 0 Å². The number of carboxylic acids is 1. The number of carboxylic acid groups (broad SMARTS) is 1. The standard InChI is InChI=1S/C17H21N3O4S/c1-4-20(5-2)25(23,24)12-7-6-11(3)13(10-12)15-9-8-14(18)16(19-15)17(21)22/h6-10H,4-5,18H2,1-3H3,(H,21,22). The fourth-order valence-electron chi connectivity index (χ4n) is 2.54. The monoisotopic (exact) mass is 363 g/mol. The van der Waals surface area contributed by atoms with Crippen molar-refractivity contribution in [3.63, 3.8) is 0 Å². The first-order valence-corrected chi connectivity index (χ1v) is 9.27. The lowest BCUT2D eigenvalue weighted by Crippen LogP contribution is -2.30. The molecule has 0 unspecified atom stereocenters. The number of nitrogens with two attached hydrogens (primary N) is 1. The molecule has 7 nitrogen and oxygen atoms in total. The number of benzene rings is 1. The van der Waals surface area contributed by atoms with Gasteiger partial charge in [-0.15, -0.1) is 0 Å². The Balaban J connectivity index is 2.62. The van der Waals surface area contributed by atoms with Crippen LogP contribution in [0.15, 0.2) is 35.2 Å². The third-order valence-electron chi connectivity index (χ3n) is 3.96. The number of hydrogen-bond donors (Lipinski definition) is 2. The quantitative estimate of drug-likeness (QED) is 0.814. The molecule has 1 aromatic heterocycles. The number of pyridine rings is 1. The molecule has 0 aliphatic heterocycles. The highest BCUT2D eigenvalue weighted by atomic mass is 32.2. The highest BCUT2D eigenvalue weighted by Gasteiger charge is 2.23. The summed E-state index contributed by atoms with van der Waals surface area (Å²) in [5.74, 6) is -1.23. The Hall–Kier alpha value is -2.45. The second kappa shape index (κ2) is 7.20. The number of aryl methyl sites for hydroxylation is 1. The van der Waals surface area contributed by atoms with Crippen molar-refractivity contribution in [2.24, 2.45) is 0 Å². The number of sulfonamides is 1. The van der Waals surface area contributed by atoms with Crippen LogP contribution in [0.4, 0.5) is 5.69 Å². The third kappa shape index (κ3) is 3.64. The minimum absolute atomic E-state index is 0.0563. The van der Waals surface area contributed by atoms with Crippen molar-refractivity contribution in [3.05, 3.63) is 41.6 Å². The van der Waals surface area contributed by atoms with Crippen molar-refractivity contribution in [3.8, 4) is 11.3 Å². The first-order valence-electron chi connectivity index (χ1n) is 7.83. The summed E-state index contributed by atoms with van der Waals surface area (Å²) >= 11 is 0. The first-order chi connectivity index (χ1) is 11.7. The SMILES string of the molecule is CCN(CC)S(=O)(=O)c1ccc(C)c(-c2ccc(N)c(C(=O)O)n2)c1. The minimum Gasteiger partial charge on any atom is -0.476 e. The van der Waals surface area contributed by atoms with E-state index in [9.17, 15) is 18.3 Å². The molecule has 0 atom stereocenters. The molecule has 0 aliphatic carbocycles. The van der Waals surface area contributed by atoms with Crippen LogP contribution in [-0.4, -0.2) is 41.9 Å². The number of aromatic carboxylic acids is 1. The molecule has 0 fully saturated rings. The zero-order valence-corrected chi connectivity index (χ0v) is 15.2. The highest BCUT2D eigenvalue weighted by Crippen LogP contribution is 2.28. The van der Waals surface area contributed by atoms with Gasteiger partial charge < -0.3 is 10.8 Å². The predicted molar refractivity (Wildman–Crippen MR) is 95.9 cm³/mol. The maximum atomic E-state index is 12.7. The average molecular weight is 363 g/mol. The molecule has 0 bridgehead atoms. The van der Waals surface area contributed by atoms with Gasteiger partial charge in [0.25, 0.3) is 0 Å². The maximum absolute atomic E-state index is 12.7. The smallest absolute Gasteiger partial charge is 0.356 e. The molecule has 2 rings (SSSR count). The summed E-state index contributed by atoms with van der Waals surface area (Å²) in [5, 5.41) is 9.18. The lowest BCUT2D eigenvalue weighted by molar-refractivity contribution is 0.0692. The Bertz CT molecular complexity index is 906. The van der Waals surface area contributed by atoms with E-state index < -0.39 is 16.0 Å². The first kappa shape index (κ1) is 18.9. The number of hydrogen-bond acceptors (Lipinski definition) is 5. The van der Waals surface area contributed by atoms with Crippen molar-refractivity contribution in [2.75, 3.05) is 18.8 Å². The molecule has 25 heavy (non-hydrogen) atoms. The van der Waals surface area contributed by atoms with Crippen LogP contribution in [0.2, 0.25) is 0 Å². The van der Waals surface area contributed by atoms with Crippen LogP contribution in [0, 0.1) is 6.92 Å². The summed E-state index contributed by atoms with van der Waals surface area (Å²) in [5.41, 5.74) is 7.13. The number of nitrogen functional groups attached to an aromatic ring is 1. The van der Waals surface area contributed by atoms with E-state index in [1.54, 1.807) is 32.0 Å². The number of rotatable bonds is 6. The van der Waals surface area contributed by atoms with E-state index in [1.165, 1.54) is 16.4 Å². The Morgan fingerprint density at radius 2 is 1.84 bits per heavy atom. The lowest BCUT2D eigenvalue weighted by Gasteiger charge is -2.19. The van der Waals surface area contributed by atoms with Crippen LogP contribution < -0.4 is 5.73 Å².